The average molecular weight is 286 g/mol. The van der Waals surface area contributed by atoms with Crippen LogP contribution in [-0.2, 0) is 4.79 Å². The van der Waals surface area contributed by atoms with E-state index in [1.54, 1.807) is 6.92 Å². The SMILES string of the molecule is CCNC(=O)[C@@H](C)Oc1ccc(C)cc1Br. The summed E-state index contributed by atoms with van der Waals surface area (Å²) in [5.74, 6) is 0.583. The van der Waals surface area contributed by atoms with Crippen LogP contribution in [0.2, 0.25) is 0 Å². The summed E-state index contributed by atoms with van der Waals surface area (Å²) in [6, 6.07) is 5.76. The van der Waals surface area contributed by atoms with E-state index in [9.17, 15) is 4.79 Å². The van der Waals surface area contributed by atoms with Crippen molar-refractivity contribution in [1.82, 2.24) is 5.32 Å². The summed E-state index contributed by atoms with van der Waals surface area (Å²) in [5.41, 5.74) is 1.14. The van der Waals surface area contributed by atoms with Gasteiger partial charge in [0.05, 0.1) is 4.47 Å². The summed E-state index contributed by atoms with van der Waals surface area (Å²) >= 11 is 3.41. The molecule has 0 aromatic heterocycles. The van der Waals surface area contributed by atoms with E-state index in [1.807, 2.05) is 32.0 Å². The number of hydrogen-bond donors (Lipinski definition) is 1. The molecule has 4 heteroatoms. The molecule has 3 nitrogen and oxygen atoms in total. The quantitative estimate of drug-likeness (QED) is 0.924. The van der Waals surface area contributed by atoms with E-state index in [0.717, 1.165) is 10.0 Å². The second-order valence-corrected chi connectivity index (χ2v) is 4.44. The fourth-order valence-electron chi connectivity index (χ4n) is 1.26. The fraction of sp³-hybridized carbons (Fsp3) is 0.417. The van der Waals surface area contributed by atoms with Crippen LogP contribution in [0.25, 0.3) is 0 Å². The molecular weight excluding hydrogens is 270 g/mol. The number of carbonyl (C=O) groups is 1. The van der Waals surface area contributed by atoms with Crippen molar-refractivity contribution in [3.63, 3.8) is 0 Å². The first kappa shape index (κ1) is 13.0. The van der Waals surface area contributed by atoms with Gasteiger partial charge >= 0.3 is 0 Å². The normalized spacial score (nSPS) is 12.0. The van der Waals surface area contributed by atoms with Gasteiger partial charge in [0, 0.05) is 6.54 Å². The lowest BCUT2D eigenvalue weighted by atomic mass is 10.2. The van der Waals surface area contributed by atoms with E-state index >= 15 is 0 Å². The van der Waals surface area contributed by atoms with Crippen LogP contribution in [0.15, 0.2) is 22.7 Å². The number of hydrogen-bond acceptors (Lipinski definition) is 2. The molecule has 1 atom stereocenters. The van der Waals surface area contributed by atoms with Crippen molar-refractivity contribution in [3.05, 3.63) is 28.2 Å². The minimum absolute atomic E-state index is 0.102. The predicted molar refractivity (Wildman–Crippen MR) is 67.7 cm³/mol. The molecule has 0 radical (unpaired) electrons. The molecule has 0 aliphatic carbocycles. The van der Waals surface area contributed by atoms with Gasteiger partial charge in [-0.25, -0.2) is 0 Å². The van der Waals surface area contributed by atoms with Crippen LogP contribution in [-0.4, -0.2) is 18.6 Å². The summed E-state index contributed by atoms with van der Waals surface area (Å²) in [6.07, 6.45) is -0.487. The lowest BCUT2D eigenvalue weighted by Crippen LogP contribution is -2.36. The topological polar surface area (TPSA) is 38.3 Å². The molecule has 1 N–H and O–H groups in total. The number of likely N-dealkylation sites (N-methyl/N-ethyl adjacent to an activating group) is 1. The van der Waals surface area contributed by atoms with Gasteiger partial charge < -0.3 is 10.1 Å². The Kier molecular flexibility index (Phi) is 4.80. The summed E-state index contributed by atoms with van der Waals surface area (Å²) in [4.78, 5) is 11.5. The van der Waals surface area contributed by atoms with Gasteiger partial charge in [-0.3, -0.25) is 4.79 Å². The molecule has 1 aromatic rings. The Morgan fingerprint density at radius 2 is 2.25 bits per heavy atom. The molecular formula is C12H16BrNO2. The van der Waals surface area contributed by atoms with Crippen LogP contribution >= 0.6 is 15.9 Å². The molecule has 0 heterocycles. The minimum atomic E-state index is -0.487. The molecule has 0 aliphatic heterocycles. The molecule has 0 spiro atoms. The van der Waals surface area contributed by atoms with Gasteiger partial charge in [-0.15, -0.1) is 0 Å². The van der Waals surface area contributed by atoms with Crippen molar-refractivity contribution < 1.29 is 9.53 Å². The summed E-state index contributed by atoms with van der Waals surface area (Å²) in [5, 5.41) is 2.72. The first-order chi connectivity index (χ1) is 7.54. The molecule has 0 saturated carbocycles. The largest absolute Gasteiger partial charge is 0.480 e. The van der Waals surface area contributed by atoms with Crippen LogP contribution in [0.1, 0.15) is 19.4 Å². The Labute approximate surface area is 104 Å². The minimum Gasteiger partial charge on any atom is -0.480 e. The number of nitrogens with one attached hydrogen (secondary N) is 1. The van der Waals surface area contributed by atoms with Crippen LogP contribution in [0.3, 0.4) is 0 Å². The van der Waals surface area contributed by atoms with E-state index in [2.05, 4.69) is 21.2 Å². The van der Waals surface area contributed by atoms with Gasteiger partial charge in [-0.1, -0.05) is 6.07 Å². The molecule has 1 rings (SSSR count). The van der Waals surface area contributed by atoms with Crippen LogP contribution in [0.4, 0.5) is 0 Å². The van der Waals surface area contributed by atoms with Gasteiger partial charge in [-0.2, -0.15) is 0 Å². The molecule has 1 amide bonds. The van der Waals surface area contributed by atoms with Gasteiger partial charge in [0.2, 0.25) is 0 Å². The standard InChI is InChI=1S/C12H16BrNO2/c1-4-14-12(15)9(3)16-11-6-5-8(2)7-10(11)13/h5-7,9H,4H2,1-3H3,(H,14,15)/t9-/m1/s1. The fourth-order valence-corrected chi connectivity index (χ4v) is 1.85. The first-order valence-electron chi connectivity index (χ1n) is 5.25. The number of ether oxygens (including phenoxy) is 1. The molecule has 1 aromatic carbocycles. The highest BCUT2D eigenvalue weighted by Crippen LogP contribution is 2.26. The zero-order chi connectivity index (χ0) is 12.1. The number of rotatable bonds is 4. The molecule has 16 heavy (non-hydrogen) atoms. The number of carbonyl (C=O) groups excluding carboxylic acids is 1. The molecule has 88 valence electrons. The highest BCUT2D eigenvalue weighted by molar-refractivity contribution is 9.10. The number of amides is 1. The van der Waals surface area contributed by atoms with Crippen molar-refractivity contribution in [2.75, 3.05) is 6.54 Å². The number of benzene rings is 1. The van der Waals surface area contributed by atoms with E-state index < -0.39 is 6.10 Å². The van der Waals surface area contributed by atoms with Gasteiger partial charge in [0.1, 0.15) is 5.75 Å². The lowest BCUT2D eigenvalue weighted by Gasteiger charge is -2.15. The molecule has 0 aliphatic rings. The van der Waals surface area contributed by atoms with Crippen molar-refractivity contribution in [3.8, 4) is 5.75 Å². The highest BCUT2D eigenvalue weighted by atomic mass is 79.9. The predicted octanol–water partition coefficient (Wildman–Crippen LogP) is 2.66. The second kappa shape index (κ2) is 5.89. The molecule has 0 unspecified atom stereocenters. The van der Waals surface area contributed by atoms with Crippen LogP contribution in [0, 0.1) is 6.92 Å². The van der Waals surface area contributed by atoms with Gasteiger partial charge in [0.15, 0.2) is 6.10 Å². The van der Waals surface area contributed by atoms with Crippen molar-refractivity contribution in [2.45, 2.75) is 26.9 Å². The summed E-state index contributed by atoms with van der Waals surface area (Å²) in [7, 11) is 0. The maximum absolute atomic E-state index is 11.5. The smallest absolute Gasteiger partial charge is 0.260 e. The average Bonchev–Trinajstić information content (AvgIpc) is 2.22. The highest BCUT2D eigenvalue weighted by Gasteiger charge is 2.14. The number of aryl methyl sites for hydroxylation is 1. The van der Waals surface area contributed by atoms with E-state index in [-0.39, 0.29) is 5.91 Å². The zero-order valence-corrected chi connectivity index (χ0v) is 11.3. The number of halogens is 1. The maximum Gasteiger partial charge on any atom is 0.260 e. The Balaban J connectivity index is 2.69. The van der Waals surface area contributed by atoms with E-state index in [4.69, 9.17) is 4.74 Å². The third kappa shape index (κ3) is 3.52. The Morgan fingerprint density at radius 1 is 1.56 bits per heavy atom. The Hall–Kier alpha value is -1.03. The molecule has 0 bridgehead atoms. The van der Waals surface area contributed by atoms with Gasteiger partial charge in [0.25, 0.3) is 5.91 Å². The maximum atomic E-state index is 11.5. The molecule has 0 fully saturated rings. The molecule has 0 saturated heterocycles. The third-order valence-electron chi connectivity index (χ3n) is 2.11. The third-order valence-corrected chi connectivity index (χ3v) is 2.73. The van der Waals surface area contributed by atoms with Crippen molar-refractivity contribution in [1.29, 1.82) is 0 Å². The van der Waals surface area contributed by atoms with Gasteiger partial charge in [-0.05, 0) is 54.4 Å². The second-order valence-electron chi connectivity index (χ2n) is 3.59. The Morgan fingerprint density at radius 3 is 2.81 bits per heavy atom. The summed E-state index contributed by atoms with van der Waals surface area (Å²) in [6.45, 7) is 6.23. The van der Waals surface area contributed by atoms with Crippen LogP contribution in [0.5, 0.6) is 5.75 Å². The zero-order valence-electron chi connectivity index (χ0n) is 9.71. The lowest BCUT2D eigenvalue weighted by molar-refractivity contribution is -0.127. The van der Waals surface area contributed by atoms with Crippen molar-refractivity contribution >= 4 is 21.8 Å². The van der Waals surface area contributed by atoms with E-state index in [1.165, 1.54) is 0 Å². The van der Waals surface area contributed by atoms with Crippen LogP contribution < -0.4 is 10.1 Å². The van der Waals surface area contributed by atoms with E-state index in [0.29, 0.717) is 12.3 Å². The Bertz CT molecular complexity index is 379. The monoisotopic (exact) mass is 285 g/mol. The first-order valence-corrected chi connectivity index (χ1v) is 6.04. The summed E-state index contributed by atoms with van der Waals surface area (Å²) < 4.78 is 6.42. The van der Waals surface area contributed by atoms with Crippen molar-refractivity contribution in [2.24, 2.45) is 0 Å².